The van der Waals surface area contributed by atoms with E-state index < -0.39 is 23.4 Å². The van der Waals surface area contributed by atoms with Gasteiger partial charge in [-0.15, -0.1) is 0 Å². The van der Waals surface area contributed by atoms with Gasteiger partial charge in [0.25, 0.3) is 0 Å². The number of unbranched alkanes of at least 4 members (excludes halogenated alkanes) is 3. The van der Waals surface area contributed by atoms with Crippen LogP contribution in [0.5, 0.6) is 0 Å². The van der Waals surface area contributed by atoms with E-state index in [2.05, 4.69) is 21.3 Å². The maximum absolute atomic E-state index is 11.6. The molecule has 0 atom stereocenters. The largest absolute Gasteiger partial charge is 0.444 e. The van der Waals surface area contributed by atoms with Crippen LogP contribution in [0.4, 0.5) is 9.59 Å². The Bertz CT molecular complexity index is 517. The second-order valence-electron chi connectivity index (χ2n) is 8.83. The third-order valence-electron chi connectivity index (χ3n) is 3.33. The Hall–Kier alpha value is -2.52. The average molecular weight is 431 g/mol. The smallest absolute Gasteiger partial charge is 0.408 e. The molecule has 174 valence electrons. The quantitative estimate of drug-likeness (QED) is 0.369. The maximum atomic E-state index is 11.6. The highest BCUT2D eigenvalue weighted by atomic mass is 16.6. The third-order valence-corrected chi connectivity index (χ3v) is 3.33. The molecular formula is C20H38N4O6. The van der Waals surface area contributed by atoms with Crippen LogP contribution in [0, 0.1) is 0 Å². The SMILES string of the molecule is CC(C)(C)OC(=O)NCC(=O)NCCCCCCNC(=O)CNC(=O)OC(C)(C)C. The molecule has 0 heterocycles. The fourth-order valence-corrected chi connectivity index (χ4v) is 2.12. The highest BCUT2D eigenvalue weighted by Crippen LogP contribution is 2.06. The van der Waals surface area contributed by atoms with Crippen molar-refractivity contribution in [1.29, 1.82) is 0 Å². The van der Waals surface area contributed by atoms with Crippen LogP contribution in [-0.2, 0) is 19.1 Å². The first-order valence-corrected chi connectivity index (χ1v) is 10.3. The maximum Gasteiger partial charge on any atom is 0.408 e. The van der Waals surface area contributed by atoms with E-state index in [1.165, 1.54) is 0 Å². The van der Waals surface area contributed by atoms with Crippen LogP contribution in [0.15, 0.2) is 0 Å². The van der Waals surface area contributed by atoms with Crippen molar-refractivity contribution in [3.05, 3.63) is 0 Å². The molecule has 0 aromatic rings. The number of hydrogen-bond acceptors (Lipinski definition) is 6. The molecule has 10 heteroatoms. The van der Waals surface area contributed by atoms with Crippen LogP contribution in [0.3, 0.4) is 0 Å². The Kier molecular flexibility index (Phi) is 12.5. The lowest BCUT2D eigenvalue weighted by molar-refractivity contribution is -0.121. The summed E-state index contributed by atoms with van der Waals surface area (Å²) in [5.74, 6) is -0.545. The number of hydrogen-bond donors (Lipinski definition) is 4. The number of alkyl carbamates (subject to hydrolysis) is 2. The summed E-state index contributed by atoms with van der Waals surface area (Å²) < 4.78 is 10.1. The van der Waals surface area contributed by atoms with Gasteiger partial charge in [0, 0.05) is 13.1 Å². The van der Waals surface area contributed by atoms with Crippen LogP contribution in [0.2, 0.25) is 0 Å². The Balaban J connectivity index is 3.59. The zero-order chi connectivity index (χ0) is 23.2. The molecule has 0 rings (SSSR count). The third kappa shape index (κ3) is 18.8. The molecule has 30 heavy (non-hydrogen) atoms. The first-order valence-electron chi connectivity index (χ1n) is 10.3. The lowest BCUT2D eigenvalue weighted by Crippen LogP contribution is -2.40. The summed E-state index contributed by atoms with van der Waals surface area (Å²) >= 11 is 0. The molecule has 0 aromatic heterocycles. The zero-order valence-corrected chi connectivity index (χ0v) is 19.1. The van der Waals surface area contributed by atoms with Gasteiger partial charge in [0.15, 0.2) is 0 Å². The molecule has 0 bridgehead atoms. The van der Waals surface area contributed by atoms with E-state index in [-0.39, 0.29) is 24.9 Å². The summed E-state index contributed by atoms with van der Waals surface area (Å²) in [4.78, 5) is 46.2. The molecule has 4 amide bonds. The Labute approximate surface area is 179 Å². The topological polar surface area (TPSA) is 135 Å². The summed E-state index contributed by atoms with van der Waals surface area (Å²) in [6.07, 6.45) is 2.14. The van der Waals surface area contributed by atoms with Crippen molar-refractivity contribution in [3.8, 4) is 0 Å². The van der Waals surface area contributed by atoms with E-state index in [0.29, 0.717) is 13.1 Å². The molecular weight excluding hydrogens is 392 g/mol. The number of nitrogens with one attached hydrogen (secondary N) is 4. The monoisotopic (exact) mass is 430 g/mol. The van der Waals surface area contributed by atoms with Crippen LogP contribution in [-0.4, -0.2) is 61.4 Å². The number of amides is 4. The summed E-state index contributed by atoms with van der Waals surface area (Å²) in [6, 6.07) is 0. The van der Waals surface area contributed by atoms with E-state index in [1.807, 2.05) is 0 Å². The van der Waals surface area contributed by atoms with Gasteiger partial charge in [0.2, 0.25) is 11.8 Å². The predicted octanol–water partition coefficient (Wildman–Crippen LogP) is 1.83. The van der Waals surface area contributed by atoms with Crippen molar-refractivity contribution in [3.63, 3.8) is 0 Å². The minimum Gasteiger partial charge on any atom is -0.444 e. The highest BCUT2D eigenvalue weighted by Gasteiger charge is 2.17. The molecule has 0 aliphatic carbocycles. The molecule has 0 spiro atoms. The Morgan fingerprint density at radius 2 is 0.900 bits per heavy atom. The van der Waals surface area contributed by atoms with Gasteiger partial charge in [-0.1, -0.05) is 12.8 Å². The molecule has 0 aliphatic heterocycles. The predicted molar refractivity (Wildman–Crippen MR) is 113 cm³/mol. The molecule has 0 aromatic carbocycles. The van der Waals surface area contributed by atoms with Gasteiger partial charge in [-0.2, -0.15) is 0 Å². The van der Waals surface area contributed by atoms with Gasteiger partial charge in [-0.3, -0.25) is 9.59 Å². The Morgan fingerprint density at radius 1 is 0.567 bits per heavy atom. The number of carbonyl (C=O) groups is 4. The first kappa shape index (κ1) is 27.5. The minimum absolute atomic E-state index is 0.127. The van der Waals surface area contributed by atoms with Crippen molar-refractivity contribution in [2.45, 2.75) is 78.4 Å². The molecule has 4 N–H and O–H groups in total. The van der Waals surface area contributed by atoms with E-state index >= 15 is 0 Å². The number of carbonyl (C=O) groups excluding carboxylic acids is 4. The van der Waals surface area contributed by atoms with Crippen LogP contribution in [0.25, 0.3) is 0 Å². The second-order valence-corrected chi connectivity index (χ2v) is 8.83. The molecule has 0 unspecified atom stereocenters. The van der Waals surface area contributed by atoms with Gasteiger partial charge in [-0.05, 0) is 54.4 Å². The number of ether oxygens (including phenoxy) is 2. The molecule has 0 radical (unpaired) electrons. The fraction of sp³-hybridized carbons (Fsp3) is 0.800. The van der Waals surface area contributed by atoms with E-state index in [1.54, 1.807) is 41.5 Å². The van der Waals surface area contributed by atoms with E-state index in [0.717, 1.165) is 25.7 Å². The molecule has 0 saturated carbocycles. The van der Waals surface area contributed by atoms with E-state index in [4.69, 9.17) is 9.47 Å². The van der Waals surface area contributed by atoms with E-state index in [9.17, 15) is 19.2 Å². The van der Waals surface area contributed by atoms with Crippen LogP contribution < -0.4 is 21.3 Å². The summed E-state index contributed by atoms with van der Waals surface area (Å²) in [7, 11) is 0. The van der Waals surface area contributed by atoms with Crippen molar-refractivity contribution < 1.29 is 28.7 Å². The Morgan fingerprint density at radius 3 is 1.20 bits per heavy atom. The first-order chi connectivity index (χ1) is 13.8. The van der Waals surface area contributed by atoms with Gasteiger partial charge in [0.05, 0.1) is 13.1 Å². The van der Waals surface area contributed by atoms with Crippen molar-refractivity contribution in [1.82, 2.24) is 21.3 Å². The molecule has 0 fully saturated rings. The summed E-state index contributed by atoms with van der Waals surface area (Å²) in [5.41, 5.74) is -1.21. The second kappa shape index (κ2) is 13.7. The molecule has 10 nitrogen and oxygen atoms in total. The molecule has 0 saturated heterocycles. The zero-order valence-electron chi connectivity index (χ0n) is 19.1. The standard InChI is InChI=1S/C20H38N4O6/c1-19(2,3)29-17(27)23-13-15(25)21-11-9-7-8-10-12-22-16(26)14-24-18(28)30-20(4,5)6/h7-14H2,1-6H3,(H,21,25)(H,22,26)(H,23,27)(H,24,28). The van der Waals surface area contributed by atoms with Crippen molar-refractivity contribution in [2.24, 2.45) is 0 Å². The van der Waals surface area contributed by atoms with Crippen LogP contribution >= 0.6 is 0 Å². The lowest BCUT2D eigenvalue weighted by Gasteiger charge is -2.19. The normalized spacial score (nSPS) is 11.3. The lowest BCUT2D eigenvalue weighted by atomic mass is 10.2. The van der Waals surface area contributed by atoms with Crippen molar-refractivity contribution in [2.75, 3.05) is 26.2 Å². The van der Waals surface area contributed by atoms with Gasteiger partial charge in [-0.25, -0.2) is 9.59 Å². The molecule has 0 aliphatic rings. The number of rotatable bonds is 11. The van der Waals surface area contributed by atoms with Crippen LogP contribution in [0.1, 0.15) is 67.2 Å². The minimum atomic E-state index is -0.624. The van der Waals surface area contributed by atoms with Gasteiger partial charge < -0.3 is 30.7 Å². The average Bonchev–Trinajstić information content (AvgIpc) is 2.57. The van der Waals surface area contributed by atoms with Gasteiger partial charge in [0.1, 0.15) is 11.2 Å². The fourth-order valence-electron chi connectivity index (χ4n) is 2.12. The summed E-state index contributed by atoms with van der Waals surface area (Å²) in [5, 5.41) is 10.2. The highest BCUT2D eigenvalue weighted by molar-refractivity contribution is 5.82. The summed E-state index contributed by atoms with van der Waals surface area (Å²) in [6.45, 7) is 11.3. The van der Waals surface area contributed by atoms with Gasteiger partial charge >= 0.3 is 12.2 Å². The van der Waals surface area contributed by atoms with Crippen molar-refractivity contribution >= 4 is 24.0 Å².